The fraction of sp³-hybridized carbons (Fsp3) is 0.167. The number of hydrogen-bond donors (Lipinski definition) is 1. The van der Waals surface area contributed by atoms with Crippen molar-refractivity contribution in [3.8, 4) is 0 Å². The highest BCUT2D eigenvalue weighted by Crippen LogP contribution is 2.26. The van der Waals surface area contributed by atoms with Gasteiger partial charge in [-0.3, -0.25) is 19.2 Å². The van der Waals surface area contributed by atoms with Crippen LogP contribution in [0.1, 0.15) is 25.7 Å². The highest BCUT2D eigenvalue weighted by Gasteiger charge is 2.35. The summed E-state index contributed by atoms with van der Waals surface area (Å²) >= 11 is 0.971. The molecule has 0 bridgehead atoms. The van der Waals surface area contributed by atoms with E-state index in [0.29, 0.717) is 16.1 Å². The molecule has 114 valence electrons. The normalized spacial score (nSPS) is 14.3. The van der Waals surface area contributed by atoms with Gasteiger partial charge in [0, 0.05) is 0 Å². The van der Waals surface area contributed by atoms with Crippen LogP contribution in [0, 0.1) is 0 Å². The van der Waals surface area contributed by atoms with Crippen molar-refractivity contribution < 1.29 is 18.0 Å². The second-order valence-electron chi connectivity index (χ2n) is 4.62. The Bertz CT molecular complexity index is 840. The van der Waals surface area contributed by atoms with Crippen LogP contribution in [0.25, 0.3) is 0 Å². The highest BCUT2D eigenvalue weighted by atomic mass is 32.2. The van der Waals surface area contributed by atoms with Crippen molar-refractivity contribution in [1.82, 2.24) is 15.1 Å². The number of rotatable bonds is 4. The lowest BCUT2D eigenvalue weighted by Gasteiger charge is -2.10. The van der Waals surface area contributed by atoms with Crippen LogP contribution in [0.3, 0.4) is 0 Å². The minimum Gasteiger partial charge on any atom is -0.269 e. The summed E-state index contributed by atoms with van der Waals surface area (Å²) in [4.78, 5) is 25.5. The predicted molar refractivity (Wildman–Crippen MR) is 79.0 cm³/mol. The van der Waals surface area contributed by atoms with E-state index in [0.717, 1.165) is 22.5 Å². The first kappa shape index (κ1) is 14.6. The molecule has 10 heteroatoms. The molecule has 0 saturated carbocycles. The molecule has 0 aliphatic carbocycles. The summed E-state index contributed by atoms with van der Waals surface area (Å²) in [6.45, 7) is -0.0462. The van der Waals surface area contributed by atoms with Crippen LogP contribution in [-0.2, 0) is 16.6 Å². The molecule has 0 saturated heterocycles. The first-order valence-electron chi connectivity index (χ1n) is 6.10. The highest BCUT2D eigenvalue weighted by molar-refractivity contribution is 7.92. The molecule has 22 heavy (non-hydrogen) atoms. The van der Waals surface area contributed by atoms with Gasteiger partial charge in [0.25, 0.3) is 11.8 Å². The number of benzene rings is 1. The van der Waals surface area contributed by atoms with Gasteiger partial charge in [0.1, 0.15) is 5.01 Å². The predicted octanol–water partition coefficient (Wildman–Crippen LogP) is 0.706. The lowest BCUT2D eigenvalue weighted by molar-refractivity contribution is 0.0642. The Labute approximate surface area is 129 Å². The third-order valence-corrected chi connectivity index (χ3v) is 4.43. The monoisotopic (exact) mass is 338 g/mol. The van der Waals surface area contributed by atoms with Crippen molar-refractivity contribution in [2.24, 2.45) is 0 Å². The number of nitrogens with one attached hydrogen (secondary N) is 1. The van der Waals surface area contributed by atoms with Gasteiger partial charge in [0.15, 0.2) is 0 Å². The molecular formula is C12H10N4O4S2. The largest absolute Gasteiger partial charge is 0.269 e. The third kappa shape index (κ3) is 2.70. The molecule has 0 unspecified atom stereocenters. The summed E-state index contributed by atoms with van der Waals surface area (Å²) in [5.41, 5.74) is 0.706. The molecule has 1 aromatic carbocycles. The molecule has 3 rings (SSSR count). The molecule has 0 spiro atoms. The maximum Gasteiger partial charge on any atom is 0.261 e. The molecular weight excluding hydrogens is 328 g/mol. The van der Waals surface area contributed by atoms with Crippen molar-refractivity contribution in [3.63, 3.8) is 0 Å². The smallest absolute Gasteiger partial charge is 0.261 e. The molecule has 1 N–H and O–H groups in total. The summed E-state index contributed by atoms with van der Waals surface area (Å²) in [5.74, 6) is -0.790. The Kier molecular flexibility index (Phi) is 3.41. The van der Waals surface area contributed by atoms with E-state index in [4.69, 9.17) is 0 Å². The summed E-state index contributed by atoms with van der Waals surface area (Å²) in [6.07, 6.45) is 0.998. The van der Waals surface area contributed by atoms with Crippen LogP contribution >= 0.6 is 11.3 Å². The fourth-order valence-electron chi connectivity index (χ4n) is 2.04. The Morgan fingerprint density at radius 1 is 1.14 bits per heavy atom. The van der Waals surface area contributed by atoms with Crippen LogP contribution in [0.4, 0.5) is 5.13 Å². The topological polar surface area (TPSA) is 109 Å². The minimum absolute atomic E-state index is 0.0462. The summed E-state index contributed by atoms with van der Waals surface area (Å²) in [6, 6.07) is 6.55. The van der Waals surface area contributed by atoms with Gasteiger partial charge in [-0.05, 0) is 12.1 Å². The zero-order chi connectivity index (χ0) is 15.9. The van der Waals surface area contributed by atoms with Gasteiger partial charge in [0.2, 0.25) is 15.2 Å². The van der Waals surface area contributed by atoms with E-state index in [-0.39, 0.29) is 11.7 Å². The van der Waals surface area contributed by atoms with Gasteiger partial charge in [-0.1, -0.05) is 23.5 Å². The number of anilines is 1. The Balaban J connectivity index is 1.81. The lowest BCUT2D eigenvalue weighted by atomic mass is 10.1. The molecule has 2 aromatic rings. The standard InChI is InChI=1S/C12H10N4O4S2/c1-22(19,20)15-12-14-13-9(21-12)6-16-10(17)7-4-2-3-5-8(7)11(16)18/h2-5H,6H2,1H3,(H,14,15). The second-order valence-corrected chi connectivity index (χ2v) is 7.43. The second kappa shape index (κ2) is 5.14. The van der Waals surface area contributed by atoms with Gasteiger partial charge in [-0.25, -0.2) is 8.42 Å². The molecule has 0 atom stereocenters. The van der Waals surface area contributed by atoms with Crippen LogP contribution in [0.15, 0.2) is 24.3 Å². The maximum atomic E-state index is 12.2. The van der Waals surface area contributed by atoms with Crippen LogP contribution in [-0.4, -0.2) is 41.6 Å². The number of aromatic nitrogens is 2. The molecule has 1 aliphatic rings. The number of imide groups is 1. The molecule has 0 fully saturated rings. The first-order valence-corrected chi connectivity index (χ1v) is 8.81. The number of nitrogens with zero attached hydrogens (tertiary/aromatic N) is 3. The number of fused-ring (bicyclic) bond motifs is 1. The van der Waals surface area contributed by atoms with Gasteiger partial charge in [-0.2, -0.15) is 0 Å². The van der Waals surface area contributed by atoms with Crippen LogP contribution in [0.5, 0.6) is 0 Å². The zero-order valence-corrected chi connectivity index (χ0v) is 12.9. The SMILES string of the molecule is CS(=O)(=O)Nc1nnc(CN2C(=O)c3ccccc3C2=O)s1. The Morgan fingerprint density at radius 3 is 2.27 bits per heavy atom. The van der Waals surface area contributed by atoms with Gasteiger partial charge < -0.3 is 0 Å². The minimum atomic E-state index is -3.45. The maximum absolute atomic E-state index is 12.2. The summed E-state index contributed by atoms with van der Waals surface area (Å²) in [5, 5.41) is 7.92. The first-order chi connectivity index (χ1) is 10.3. The van der Waals surface area contributed by atoms with Crippen LogP contribution < -0.4 is 4.72 Å². The van der Waals surface area contributed by atoms with E-state index in [1.165, 1.54) is 0 Å². The van der Waals surface area contributed by atoms with E-state index < -0.39 is 21.8 Å². The van der Waals surface area contributed by atoms with Gasteiger partial charge in [0.05, 0.1) is 23.9 Å². The number of sulfonamides is 1. The average Bonchev–Trinajstić information content (AvgIpc) is 2.97. The lowest BCUT2D eigenvalue weighted by Crippen LogP contribution is -2.29. The molecule has 2 amide bonds. The average molecular weight is 338 g/mol. The molecule has 0 radical (unpaired) electrons. The fourth-order valence-corrected chi connectivity index (χ4v) is 3.59. The Hall–Kier alpha value is -2.33. The van der Waals surface area contributed by atoms with Gasteiger partial charge >= 0.3 is 0 Å². The number of carbonyl (C=O) groups is 2. The van der Waals surface area contributed by atoms with Gasteiger partial charge in [-0.15, -0.1) is 10.2 Å². The summed E-state index contributed by atoms with van der Waals surface area (Å²) < 4.78 is 24.4. The molecule has 2 heterocycles. The molecule has 8 nitrogen and oxygen atoms in total. The number of amides is 2. The van der Waals surface area contributed by atoms with E-state index in [1.807, 2.05) is 0 Å². The van der Waals surface area contributed by atoms with E-state index in [1.54, 1.807) is 24.3 Å². The van der Waals surface area contributed by atoms with E-state index in [9.17, 15) is 18.0 Å². The van der Waals surface area contributed by atoms with Crippen molar-refractivity contribution in [3.05, 3.63) is 40.4 Å². The van der Waals surface area contributed by atoms with Crippen molar-refractivity contribution >= 4 is 38.3 Å². The van der Waals surface area contributed by atoms with Crippen molar-refractivity contribution in [2.75, 3.05) is 11.0 Å². The third-order valence-electron chi connectivity index (χ3n) is 2.91. The number of hydrogen-bond acceptors (Lipinski definition) is 7. The molecule has 1 aliphatic heterocycles. The van der Waals surface area contributed by atoms with E-state index in [2.05, 4.69) is 14.9 Å². The van der Waals surface area contributed by atoms with E-state index >= 15 is 0 Å². The van der Waals surface area contributed by atoms with Crippen LogP contribution in [0.2, 0.25) is 0 Å². The number of carbonyl (C=O) groups excluding carboxylic acids is 2. The Morgan fingerprint density at radius 2 is 1.73 bits per heavy atom. The van der Waals surface area contributed by atoms with Crippen molar-refractivity contribution in [2.45, 2.75) is 6.54 Å². The summed E-state index contributed by atoms with van der Waals surface area (Å²) in [7, 11) is -3.45. The quantitative estimate of drug-likeness (QED) is 0.822. The zero-order valence-electron chi connectivity index (χ0n) is 11.3. The van der Waals surface area contributed by atoms with Crippen molar-refractivity contribution in [1.29, 1.82) is 0 Å². The molecule has 1 aromatic heterocycles.